The SMILES string of the molecule is Cc1ccc(CNCC2(F)CCN(C(=O)c3cc(C#N)sn3)CC2)nc1. The number of likely N-dealkylation sites (tertiary alicyclic amines) is 1. The van der Waals surface area contributed by atoms with Gasteiger partial charge in [0.2, 0.25) is 0 Å². The Morgan fingerprint density at radius 3 is 2.85 bits per heavy atom. The summed E-state index contributed by atoms with van der Waals surface area (Å²) < 4.78 is 19.0. The molecule has 6 nitrogen and oxygen atoms in total. The van der Waals surface area contributed by atoms with Crippen LogP contribution < -0.4 is 5.32 Å². The molecule has 0 saturated carbocycles. The Kier molecular flexibility index (Phi) is 5.59. The van der Waals surface area contributed by atoms with Gasteiger partial charge in [0.05, 0.1) is 5.69 Å². The molecule has 0 bridgehead atoms. The van der Waals surface area contributed by atoms with E-state index >= 15 is 0 Å². The van der Waals surface area contributed by atoms with Crippen molar-refractivity contribution in [2.24, 2.45) is 0 Å². The summed E-state index contributed by atoms with van der Waals surface area (Å²) >= 11 is 1.00. The van der Waals surface area contributed by atoms with Crippen LogP contribution in [0, 0.1) is 18.3 Å². The van der Waals surface area contributed by atoms with Crippen molar-refractivity contribution in [3.63, 3.8) is 0 Å². The highest BCUT2D eigenvalue weighted by Crippen LogP contribution is 2.27. The number of aryl methyl sites for hydroxylation is 1. The second-order valence-corrected chi connectivity index (χ2v) is 7.37. The third-order valence-corrected chi connectivity index (χ3v) is 5.20. The van der Waals surface area contributed by atoms with Crippen LogP contribution in [0.15, 0.2) is 24.4 Å². The second kappa shape index (κ2) is 7.89. The number of aromatic nitrogens is 2. The number of halogens is 1. The highest BCUT2D eigenvalue weighted by molar-refractivity contribution is 7.06. The van der Waals surface area contributed by atoms with Gasteiger partial charge >= 0.3 is 0 Å². The van der Waals surface area contributed by atoms with Crippen molar-refractivity contribution in [2.75, 3.05) is 19.6 Å². The van der Waals surface area contributed by atoms with Crippen LogP contribution in [0.1, 0.15) is 39.5 Å². The van der Waals surface area contributed by atoms with Gasteiger partial charge in [0.25, 0.3) is 5.91 Å². The van der Waals surface area contributed by atoms with Gasteiger partial charge in [0.1, 0.15) is 22.3 Å². The molecule has 2 aromatic rings. The summed E-state index contributed by atoms with van der Waals surface area (Å²) in [4.78, 5) is 18.7. The first-order chi connectivity index (χ1) is 12.5. The molecule has 3 heterocycles. The van der Waals surface area contributed by atoms with Gasteiger partial charge in [-0.3, -0.25) is 9.78 Å². The largest absolute Gasteiger partial charge is 0.337 e. The van der Waals surface area contributed by atoms with Crippen molar-refractivity contribution < 1.29 is 9.18 Å². The predicted molar refractivity (Wildman–Crippen MR) is 96.5 cm³/mol. The van der Waals surface area contributed by atoms with Gasteiger partial charge in [-0.1, -0.05) is 6.07 Å². The van der Waals surface area contributed by atoms with E-state index in [1.165, 1.54) is 6.07 Å². The van der Waals surface area contributed by atoms with Crippen molar-refractivity contribution in [1.82, 2.24) is 19.6 Å². The Hall–Kier alpha value is -2.37. The fraction of sp³-hybridized carbons (Fsp3) is 0.444. The van der Waals surface area contributed by atoms with Crippen LogP contribution in [0.2, 0.25) is 0 Å². The Morgan fingerprint density at radius 1 is 1.46 bits per heavy atom. The van der Waals surface area contributed by atoms with E-state index in [4.69, 9.17) is 5.26 Å². The predicted octanol–water partition coefficient (Wildman–Crippen LogP) is 2.45. The van der Waals surface area contributed by atoms with E-state index in [1.807, 2.05) is 25.1 Å². The normalized spacial score (nSPS) is 16.3. The molecule has 136 valence electrons. The molecule has 8 heteroatoms. The summed E-state index contributed by atoms with van der Waals surface area (Å²) in [6.07, 6.45) is 2.35. The Labute approximate surface area is 155 Å². The smallest absolute Gasteiger partial charge is 0.273 e. The molecule has 1 saturated heterocycles. The summed E-state index contributed by atoms with van der Waals surface area (Å²) in [6, 6.07) is 7.37. The first-order valence-corrected chi connectivity index (χ1v) is 9.24. The lowest BCUT2D eigenvalue weighted by Crippen LogP contribution is -2.48. The molecule has 0 radical (unpaired) electrons. The number of hydrogen-bond acceptors (Lipinski definition) is 6. The highest BCUT2D eigenvalue weighted by Gasteiger charge is 2.36. The molecule has 2 aromatic heterocycles. The average molecular weight is 373 g/mol. The van der Waals surface area contributed by atoms with Crippen molar-refractivity contribution in [3.8, 4) is 6.07 Å². The molecule has 1 aliphatic rings. The van der Waals surface area contributed by atoms with Gasteiger partial charge in [0.15, 0.2) is 0 Å². The molecule has 1 fully saturated rings. The standard InChI is InChI=1S/C18H20FN5OS/c1-13-2-3-14(22-10-13)11-21-12-18(19)4-6-24(7-5-18)17(25)16-8-15(9-20)26-23-16/h2-3,8,10,21H,4-7,11-12H2,1H3. The van der Waals surface area contributed by atoms with E-state index < -0.39 is 5.67 Å². The zero-order valence-corrected chi connectivity index (χ0v) is 15.4. The van der Waals surface area contributed by atoms with Gasteiger partial charge in [-0.05, 0) is 36.2 Å². The molecule has 1 aliphatic heterocycles. The lowest BCUT2D eigenvalue weighted by atomic mass is 9.93. The number of alkyl halides is 1. The van der Waals surface area contributed by atoms with Crippen molar-refractivity contribution in [3.05, 3.63) is 46.2 Å². The van der Waals surface area contributed by atoms with Crippen LogP contribution in [0.5, 0.6) is 0 Å². The number of nitrogens with zero attached hydrogens (tertiary/aromatic N) is 4. The maximum atomic E-state index is 15.0. The number of nitriles is 1. The zero-order valence-electron chi connectivity index (χ0n) is 14.5. The van der Waals surface area contributed by atoms with Crippen LogP contribution in [0.3, 0.4) is 0 Å². The monoisotopic (exact) mass is 373 g/mol. The number of pyridine rings is 1. The molecular formula is C18H20FN5OS. The van der Waals surface area contributed by atoms with Crippen LogP contribution in [-0.4, -0.2) is 45.5 Å². The first kappa shape index (κ1) is 18.4. The van der Waals surface area contributed by atoms with Crippen molar-refractivity contribution >= 4 is 17.4 Å². The molecule has 0 spiro atoms. The van der Waals surface area contributed by atoms with Crippen LogP contribution in [0.25, 0.3) is 0 Å². The minimum Gasteiger partial charge on any atom is -0.337 e. The van der Waals surface area contributed by atoms with Gasteiger partial charge in [0, 0.05) is 45.2 Å². The molecule has 26 heavy (non-hydrogen) atoms. The van der Waals surface area contributed by atoms with Crippen LogP contribution in [0.4, 0.5) is 4.39 Å². The van der Waals surface area contributed by atoms with Crippen LogP contribution >= 0.6 is 11.5 Å². The van der Waals surface area contributed by atoms with E-state index in [0.29, 0.717) is 24.5 Å². The number of piperidine rings is 1. The minimum absolute atomic E-state index is 0.235. The highest BCUT2D eigenvalue weighted by atomic mass is 32.1. The average Bonchev–Trinajstić information content (AvgIpc) is 3.13. The topological polar surface area (TPSA) is 81.9 Å². The summed E-state index contributed by atoms with van der Waals surface area (Å²) in [5.74, 6) is -0.235. The maximum Gasteiger partial charge on any atom is 0.273 e. The summed E-state index contributed by atoms with van der Waals surface area (Å²) in [5.41, 5.74) is 0.904. The van der Waals surface area contributed by atoms with E-state index in [-0.39, 0.29) is 31.0 Å². The van der Waals surface area contributed by atoms with Crippen molar-refractivity contribution in [1.29, 1.82) is 5.26 Å². The zero-order chi connectivity index (χ0) is 18.6. The second-order valence-electron chi connectivity index (χ2n) is 6.56. The Morgan fingerprint density at radius 2 is 2.23 bits per heavy atom. The molecule has 0 aromatic carbocycles. The maximum absolute atomic E-state index is 15.0. The van der Waals surface area contributed by atoms with E-state index in [1.54, 1.807) is 11.1 Å². The third-order valence-electron chi connectivity index (χ3n) is 4.51. The lowest BCUT2D eigenvalue weighted by molar-refractivity contribution is 0.0431. The fourth-order valence-corrected chi connectivity index (χ4v) is 3.43. The van der Waals surface area contributed by atoms with Gasteiger partial charge in [-0.25, -0.2) is 4.39 Å². The Bertz CT molecular complexity index is 806. The molecular weight excluding hydrogens is 353 g/mol. The molecule has 1 amide bonds. The van der Waals surface area contributed by atoms with E-state index in [0.717, 1.165) is 22.8 Å². The van der Waals surface area contributed by atoms with Gasteiger partial charge < -0.3 is 10.2 Å². The Balaban J connectivity index is 1.48. The molecule has 1 N–H and O–H groups in total. The number of amides is 1. The van der Waals surface area contributed by atoms with Gasteiger partial charge in [-0.2, -0.15) is 9.64 Å². The molecule has 0 atom stereocenters. The lowest BCUT2D eigenvalue weighted by Gasteiger charge is -2.36. The van der Waals surface area contributed by atoms with Crippen LogP contribution in [-0.2, 0) is 6.54 Å². The molecule has 3 rings (SSSR count). The summed E-state index contributed by atoms with van der Waals surface area (Å²) in [5, 5.41) is 12.0. The van der Waals surface area contributed by atoms with Gasteiger partial charge in [-0.15, -0.1) is 0 Å². The number of hydrogen-bond donors (Lipinski definition) is 1. The number of nitrogens with one attached hydrogen (secondary N) is 1. The fourth-order valence-electron chi connectivity index (χ4n) is 2.90. The van der Waals surface area contributed by atoms with Crippen molar-refractivity contribution in [2.45, 2.75) is 32.0 Å². The van der Waals surface area contributed by atoms with E-state index in [2.05, 4.69) is 14.7 Å². The summed E-state index contributed by atoms with van der Waals surface area (Å²) in [7, 11) is 0. The molecule has 0 aliphatic carbocycles. The van der Waals surface area contributed by atoms with E-state index in [9.17, 15) is 9.18 Å². The quantitative estimate of drug-likeness (QED) is 0.871. The number of rotatable bonds is 5. The number of carbonyl (C=O) groups excluding carboxylic acids is 1. The molecule has 0 unspecified atom stereocenters. The first-order valence-electron chi connectivity index (χ1n) is 8.46. The minimum atomic E-state index is -1.33. The third kappa shape index (κ3) is 4.42. The summed E-state index contributed by atoms with van der Waals surface area (Å²) in [6.45, 7) is 3.42. The number of carbonyl (C=O) groups is 1.